The average molecular weight is 395 g/mol. The predicted octanol–water partition coefficient (Wildman–Crippen LogP) is 3.58. The first kappa shape index (κ1) is 21.0. The molecule has 0 aliphatic carbocycles. The van der Waals surface area contributed by atoms with Gasteiger partial charge in [-0.2, -0.15) is 0 Å². The molecule has 1 fully saturated rings. The number of carbonyl (C=O) groups excluding carboxylic acids is 2. The number of ketones is 1. The lowest BCUT2D eigenvalue weighted by atomic mass is 9.89. The maximum absolute atomic E-state index is 12.9. The standard InChI is InChI=1S/C23H30N4O2/c1-17(2)13-21(28)19-7-6-12-27(15-19)23(29)18-9-10-22(25-14-18)26(3)16-20-8-4-5-11-24-20/h4-5,8-11,14,17,19H,6-7,12-13,15-16H2,1-3H3/t19-/m0/s1. The van der Waals surface area contributed by atoms with Crippen LogP contribution in [0.1, 0.15) is 49.2 Å². The molecule has 0 spiro atoms. The van der Waals surface area contributed by atoms with E-state index in [4.69, 9.17) is 0 Å². The lowest BCUT2D eigenvalue weighted by Crippen LogP contribution is -2.42. The highest BCUT2D eigenvalue weighted by atomic mass is 16.2. The van der Waals surface area contributed by atoms with Gasteiger partial charge in [0.25, 0.3) is 5.91 Å². The van der Waals surface area contributed by atoms with Crippen LogP contribution in [0.2, 0.25) is 0 Å². The zero-order chi connectivity index (χ0) is 20.8. The molecule has 6 nitrogen and oxygen atoms in total. The van der Waals surface area contributed by atoms with Gasteiger partial charge < -0.3 is 9.80 Å². The van der Waals surface area contributed by atoms with E-state index in [1.165, 1.54) is 0 Å². The number of likely N-dealkylation sites (tertiary alicyclic amines) is 1. The Hall–Kier alpha value is -2.76. The quantitative estimate of drug-likeness (QED) is 0.718. The number of carbonyl (C=O) groups is 2. The van der Waals surface area contributed by atoms with Crippen LogP contribution in [0.4, 0.5) is 5.82 Å². The van der Waals surface area contributed by atoms with Gasteiger partial charge in [0.05, 0.1) is 17.8 Å². The summed E-state index contributed by atoms with van der Waals surface area (Å²) in [5, 5.41) is 0. The molecule has 3 heterocycles. The van der Waals surface area contributed by atoms with E-state index in [-0.39, 0.29) is 17.6 Å². The summed E-state index contributed by atoms with van der Waals surface area (Å²) in [6, 6.07) is 9.51. The predicted molar refractivity (Wildman–Crippen MR) is 114 cm³/mol. The van der Waals surface area contributed by atoms with Gasteiger partial charge in [-0.15, -0.1) is 0 Å². The summed E-state index contributed by atoms with van der Waals surface area (Å²) >= 11 is 0. The Morgan fingerprint density at radius 1 is 1.21 bits per heavy atom. The van der Waals surface area contributed by atoms with Crippen molar-refractivity contribution < 1.29 is 9.59 Å². The molecule has 0 unspecified atom stereocenters. The summed E-state index contributed by atoms with van der Waals surface area (Å²) < 4.78 is 0. The summed E-state index contributed by atoms with van der Waals surface area (Å²) in [6.45, 7) is 5.98. The van der Waals surface area contributed by atoms with Crippen molar-refractivity contribution in [2.24, 2.45) is 11.8 Å². The van der Waals surface area contributed by atoms with E-state index in [1.54, 1.807) is 17.3 Å². The zero-order valence-corrected chi connectivity index (χ0v) is 17.5. The van der Waals surface area contributed by atoms with Gasteiger partial charge in [-0.25, -0.2) is 4.98 Å². The second kappa shape index (κ2) is 9.63. The Morgan fingerprint density at radius 2 is 2.03 bits per heavy atom. The first-order valence-corrected chi connectivity index (χ1v) is 10.3. The SMILES string of the molecule is CC(C)CC(=O)[C@H]1CCCN(C(=O)c2ccc(N(C)Cc3ccccn3)nc2)C1. The number of aromatic nitrogens is 2. The van der Waals surface area contributed by atoms with E-state index >= 15 is 0 Å². The molecule has 0 radical (unpaired) electrons. The van der Waals surface area contributed by atoms with Crippen LogP contribution in [0.15, 0.2) is 42.7 Å². The summed E-state index contributed by atoms with van der Waals surface area (Å²) in [6.07, 6.45) is 5.75. The highest BCUT2D eigenvalue weighted by Crippen LogP contribution is 2.22. The van der Waals surface area contributed by atoms with Crippen molar-refractivity contribution in [1.29, 1.82) is 0 Å². The van der Waals surface area contributed by atoms with E-state index in [0.717, 1.165) is 24.4 Å². The van der Waals surface area contributed by atoms with Gasteiger partial charge in [0.15, 0.2) is 0 Å². The van der Waals surface area contributed by atoms with Crippen molar-refractivity contribution in [1.82, 2.24) is 14.9 Å². The Labute approximate surface area is 173 Å². The molecule has 3 rings (SSSR count). The Bertz CT molecular complexity index is 821. The van der Waals surface area contributed by atoms with Crippen LogP contribution in [0, 0.1) is 11.8 Å². The third-order valence-electron chi connectivity index (χ3n) is 5.28. The molecule has 1 amide bonds. The van der Waals surface area contributed by atoms with Gasteiger partial charge in [0.2, 0.25) is 0 Å². The number of piperidine rings is 1. The summed E-state index contributed by atoms with van der Waals surface area (Å²) in [7, 11) is 1.95. The smallest absolute Gasteiger partial charge is 0.255 e. The molecular formula is C23H30N4O2. The van der Waals surface area contributed by atoms with E-state index in [2.05, 4.69) is 23.8 Å². The first-order valence-electron chi connectivity index (χ1n) is 10.3. The van der Waals surface area contributed by atoms with E-state index in [0.29, 0.717) is 37.5 Å². The Balaban J connectivity index is 1.61. The lowest BCUT2D eigenvalue weighted by molar-refractivity contribution is -0.124. The van der Waals surface area contributed by atoms with Crippen LogP contribution in [-0.4, -0.2) is 46.7 Å². The van der Waals surface area contributed by atoms with Crippen molar-refractivity contribution in [2.75, 3.05) is 25.0 Å². The van der Waals surface area contributed by atoms with E-state index in [9.17, 15) is 9.59 Å². The number of hydrogen-bond acceptors (Lipinski definition) is 5. The number of anilines is 1. The third-order valence-corrected chi connectivity index (χ3v) is 5.28. The molecule has 0 N–H and O–H groups in total. The van der Waals surface area contributed by atoms with Gasteiger partial charge in [-0.1, -0.05) is 19.9 Å². The average Bonchev–Trinajstić information content (AvgIpc) is 2.73. The molecule has 2 aromatic heterocycles. The topological polar surface area (TPSA) is 66.4 Å². The van der Waals surface area contributed by atoms with Crippen LogP contribution in [-0.2, 0) is 11.3 Å². The molecule has 29 heavy (non-hydrogen) atoms. The molecule has 1 aliphatic heterocycles. The van der Waals surface area contributed by atoms with Crippen LogP contribution in [0.5, 0.6) is 0 Å². The summed E-state index contributed by atoms with van der Waals surface area (Å²) in [5.74, 6) is 1.34. The maximum Gasteiger partial charge on any atom is 0.255 e. The van der Waals surface area contributed by atoms with Gasteiger partial charge in [-0.3, -0.25) is 14.6 Å². The van der Waals surface area contributed by atoms with Gasteiger partial charge in [0, 0.05) is 44.9 Å². The van der Waals surface area contributed by atoms with Crippen molar-refractivity contribution in [3.8, 4) is 0 Å². The molecular weight excluding hydrogens is 364 g/mol. The van der Waals surface area contributed by atoms with Gasteiger partial charge in [0.1, 0.15) is 11.6 Å². The number of hydrogen-bond donors (Lipinski definition) is 0. The fourth-order valence-electron chi connectivity index (χ4n) is 3.73. The fourth-order valence-corrected chi connectivity index (χ4v) is 3.73. The number of nitrogens with zero attached hydrogens (tertiary/aromatic N) is 4. The highest BCUT2D eigenvalue weighted by molar-refractivity contribution is 5.94. The van der Waals surface area contributed by atoms with Crippen molar-refractivity contribution in [2.45, 2.75) is 39.7 Å². The van der Waals surface area contributed by atoms with Gasteiger partial charge >= 0.3 is 0 Å². The Morgan fingerprint density at radius 3 is 2.69 bits per heavy atom. The molecule has 6 heteroatoms. The van der Waals surface area contributed by atoms with Crippen LogP contribution < -0.4 is 4.90 Å². The van der Waals surface area contributed by atoms with E-state index < -0.39 is 0 Å². The van der Waals surface area contributed by atoms with E-state index in [1.807, 2.05) is 42.3 Å². The molecule has 2 aromatic rings. The normalized spacial score (nSPS) is 16.7. The number of rotatable bonds is 7. The number of pyridine rings is 2. The molecule has 154 valence electrons. The maximum atomic E-state index is 12.9. The molecule has 0 saturated carbocycles. The minimum absolute atomic E-state index is 0.0353. The monoisotopic (exact) mass is 394 g/mol. The van der Waals surface area contributed by atoms with Crippen LogP contribution >= 0.6 is 0 Å². The van der Waals surface area contributed by atoms with Gasteiger partial charge in [-0.05, 0) is 43.0 Å². The van der Waals surface area contributed by atoms with Crippen molar-refractivity contribution >= 4 is 17.5 Å². The molecule has 1 atom stereocenters. The lowest BCUT2D eigenvalue weighted by Gasteiger charge is -2.32. The number of amides is 1. The zero-order valence-electron chi connectivity index (χ0n) is 17.5. The molecule has 0 aromatic carbocycles. The van der Waals surface area contributed by atoms with Crippen LogP contribution in [0.3, 0.4) is 0 Å². The molecule has 1 aliphatic rings. The summed E-state index contributed by atoms with van der Waals surface area (Å²) in [5.41, 5.74) is 1.53. The summed E-state index contributed by atoms with van der Waals surface area (Å²) in [4.78, 5) is 37.9. The minimum atomic E-state index is -0.0431. The number of Topliss-reactive ketones (excluding diaryl/α,β-unsaturated/α-hetero) is 1. The largest absolute Gasteiger partial charge is 0.354 e. The minimum Gasteiger partial charge on any atom is -0.354 e. The van der Waals surface area contributed by atoms with Crippen LogP contribution in [0.25, 0.3) is 0 Å². The second-order valence-corrected chi connectivity index (χ2v) is 8.24. The Kier molecular flexibility index (Phi) is 6.96. The van der Waals surface area contributed by atoms with Crippen molar-refractivity contribution in [3.63, 3.8) is 0 Å². The second-order valence-electron chi connectivity index (χ2n) is 8.24. The fraction of sp³-hybridized carbons (Fsp3) is 0.478. The third kappa shape index (κ3) is 5.62. The molecule has 1 saturated heterocycles. The highest BCUT2D eigenvalue weighted by Gasteiger charge is 2.29. The molecule has 0 bridgehead atoms. The van der Waals surface area contributed by atoms with Crippen molar-refractivity contribution in [3.05, 3.63) is 54.0 Å². The first-order chi connectivity index (χ1) is 13.9.